The molecule has 2 heterocycles. The summed E-state index contributed by atoms with van der Waals surface area (Å²) in [5, 5.41) is 3.58. The van der Waals surface area contributed by atoms with E-state index in [1.54, 1.807) is 18.5 Å². The molecule has 0 radical (unpaired) electrons. The lowest BCUT2D eigenvalue weighted by Crippen LogP contribution is -2.49. The number of hydrogen-bond acceptors (Lipinski definition) is 5. The van der Waals surface area contributed by atoms with Crippen molar-refractivity contribution < 1.29 is 9.21 Å². The number of nitrogens with one attached hydrogen (secondary N) is 1. The first kappa shape index (κ1) is 14.7. The molecule has 0 aromatic carbocycles. The Labute approximate surface area is 122 Å². The minimum absolute atomic E-state index is 0.142. The van der Waals surface area contributed by atoms with Gasteiger partial charge in [0.2, 0.25) is 0 Å². The topological polar surface area (TPSA) is 81.1 Å². The van der Waals surface area contributed by atoms with E-state index in [4.69, 9.17) is 10.2 Å². The third-order valence-electron chi connectivity index (χ3n) is 3.47. The summed E-state index contributed by atoms with van der Waals surface area (Å²) >= 11 is 1.31. The van der Waals surface area contributed by atoms with Crippen LogP contribution in [0.4, 0.5) is 0 Å². The molecular weight excluding hydrogens is 274 g/mol. The van der Waals surface area contributed by atoms with Gasteiger partial charge in [0.25, 0.3) is 5.91 Å². The van der Waals surface area contributed by atoms with E-state index in [0.29, 0.717) is 22.2 Å². The summed E-state index contributed by atoms with van der Waals surface area (Å²) in [5.41, 5.74) is 5.82. The molecule has 2 rings (SSSR count). The van der Waals surface area contributed by atoms with Crippen LogP contribution >= 0.6 is 11.3 Å². The maximum absolute atomic E-state index is 12.1. The molecule has 0 atom stereocenters. The van der Waals surface area contributed by atoms with E-state index in [-0.39, 0.29) is 11.4 Å². The molecule has 0 saturated carbocycles. The minimum Gasteiger partial charge on any atom is -0.462 e. The second-order valence-electron chi connectivity index (χ2n) is 4.76. The van der Waals surface area contributed by atoms with Crippen LogP contribution in [-0.2, 0) is 0 Å². The lowest BCUT2D eigenvalue weighted by atomic mass is 9.94. The molecule has 5 nitrogen and oxygen atoms in total. The highest BCUT2D eigenvalue weighted by molar-refractivity contribution is 7.16. The highest BCUT2D eigenvalue weighted by atomic mass is 32.1. The number of nitrogens with zero attached hydrogens (tertiary/aromatic N) is 1. The van der Waals surface area contributed by atoms with E-state index in [9.17, 15) is 4.79 Å². The summed E-state index contributed by atoms with van der Waals surface area (Å²) in [5.74, 6) is 0.529. The van der Waals surface area contributed by atoms with Crippen LogP contribution < -0.4 is 11.1 Å². The van der Waals surface area contributed by atoms with Gasteiger partial charge < -0.3 is 15.5 Å². The summed E-state index contributed by atoms with van der Waals surface area (Å²) in [7, 11) is 0. The van der Waals surface area contributed by atoms with Gasteiger partial charge in [0.1, 0.15) is 4.88 Å². The number of thiazole rings is 1. The quantitative estimate of drug-likeness (QED) is 0.858. The Balaban J connectivity index is 2.00. The predicted molar refractivity (Wildman–Crippen MR) is 79.6 cm³/mol. The summed E-state index contributed by atoms with van der Waals surface area (Å²) in [6, 6.07) is 3.61. The fourth-order valence-corrected chi connectivity index (χ4v) is 2.54. The lowest BCUT2D eigenvalue weighted by Gasteiger charge is -2.26. The van der Waals surface area contributed by atoms with Gasteiger partial charge in [-0.1, -0.05) is 13.8 Å². The molecule has 2 aromatic heterocycles. The van der Waals surface area contributed by atoms with Gasteiger partial charge in [-0.3, -0.25) is 4.79 Å². The summed E-state index contributed by atoms with van der Waals surface area (Å²) in [6.07, 6.45) is 4.80. The monoisotopic (exact) mass is 293 g/mol. The average molecular weight is 293 g/mol. The number of carbonyl (C=O) groups is 1. The van der Waals surface area contributed by atoms with Crippen LogP contribution in [0.2, 0.25) is 0 Å². The first-order valence-electron chi connectivity index (χ1n) is 6.65. The van der Waals surface area contributed by atoms with Gasteiger partial charge in [0, 0.05) is 12.1 Å². The SMILES string of the molecule is CCC(N)(CC)CNC(=O)c1cnc(-c2ccco2)s1. The maximum Gasteiger partial charge on any atom is 0.263 e. The second kappa shape index (κ2) is 6.19. The number of rotatable bonds is 6. The van der Waals surface area contributed by atoms with Gasteiger partial charge in [0.15, 0.2) is 10.8 Å². The van der Waals surface area contributed by atoms with E-state index in [1.165, 1.54) is 11.3 Å². The number of amides is 1. The number of hydrogen-bond donors (Lipinski definition) is 2. The van der Waals surface area contributed by atoms with E-state index in [0.717, 1.165) is 12.8 Å². The maximum atomic E-state index is 12.1. The van der Waals surface area contributed by atoms with Crippen molar-refractivity contribution in [2.75, 3.05) is 6.54 Å². The van der Waals surface area contributed by atoms with Gasteiger partial charge in [0.05, 0.1) is 12.5 Å². The molecule has 2 aromatic rings. The van der Waals surface area contributed by atoms with Crippen LogP contribution in [0.3, 0.4) is 0 Å². The van der Waals surface area contributed by atoms with Crippen LogP contribution in [0.25, 0.3) is 10.8 Å². The minimum atomic E-state index is -0.343. The van der Waals surface area contributed by atoms with Crippen LogP contribution in [0, 0.1) is 0 Å². The van der Waals surface area contributed by atoms with Crippen LogP contribution in [0.1, 0.15) is 36.4 Å². The van der Waals surface area contributed by atoms with Gasteiger partial charge in [-0.25, -0.2) is 4.98 Å². The Hall–Kier alpha value is -1.66. The van der Waals surface area contributed by atoms with Crippen LogP contribution in [0.15, 0.2) is 29.0 Å². The third kappa shape index (κ3) is 3.26. The highest BCUT2D eigenvalue weighted by Crippen LogP contribution is 2.25. The Morgan fingerprint density at radius 3 is 2.85 bits per heavy atom. The van der Waals surface area contributed by atoms with E-state index < -0.39 is 0 Å². The van der Waals surface area contributed by atoms with Gasteiger partial charge in [-0.2, -0.15) is 0 Å². The molecule has 0 saturated heterocycles. The molecule has 0 bridgehead atoms. The Morgan fingerprint density at radius 1 is 1.50 bits per heavy atom. The number of nitrogens with two attached hydrogens (primary N) is 1. The van der Waals surface area contributed by atoms with Crippen molar-refractivity contribution in [1.29, 1.82) is 0 Å². The number of carbonyl (C=O) groups excluding carboxylic acids is 1. The van der Waals surface area contributed by atoms with Crippen LogP contribution in [-0.4, -0.2) is 23.0 Å². The van der Waals surface area contributed by atoms with Crippen molar-refractivity contribution in [3.8, 4) is 10.8 Å². The van der Waals surface area contributed by atoms with E-state index >= 15 is 0 Å². The van der Waals surface area contributed by atoms with Crippen molar-refractivity contribution in [3.63, 3.8) is 0 Å². The molecule has 0 aliphatic rings. The Morgan fingerprint density at radius 2 is 2.25 bits per heavy atom. The summed E-state index contributed by atoms with van der Waals surface area (Å²) in [6.45, 7) is 4.52. The highest BCUT2D eigenvalue weighted by Gasteiger charge is 2.22. The predicted octanol–water partition coefficient (Wildman–Crippen LogP) is 2.65. The molecule has 0 aliphatic heterocycles. The molecule has 3 N–H and O–H groups in total. The number of aromatic nitrogens is 1. The van der Waals surface area contributed by atoms with Gasteiger partial charge in [-0.05, 0) is 25.0 Å². The van der Waals surface area contributed by atoms with Crippen molar-refractivity contribution in [2.24, 2.45) is 5.73 Å². The fraction of sp³-hybridized carbons (Fsp3) is 0.429. The molecule has 1 amide bonds. The van der Waals surface area contributed by atoms with Gasteiger partial charge >= 0.3 is 0 Å². The fourth-order valence-electron chi connectivity index (χ4n) is 1.74. The first-order chi connectivity index (χ1) is 9.58. The van der Waals surface area contributed by atoms with Crippen LogP contribution in [0.5, 0.6) is 0 Å². The standard InChI is InChI=1S/C14H19N3O2S/c1-3-14(15,4-2)9-17-12(18)11-8-16-13(20-11)10-6-5-7-19-10/h5-8H,3-4,9,15H2,1-2H3,(H,17,18). The smallest absolute Gasteiger partial charge is 0.263 e. The molecule has 0 spiro atoms. The lowest BCUT2D eigenvalue weighted by molar-refractivity contribution is 0.0946. The molecule has 0 aliphatic carbocycles. The van der Waals surface area contributed by atoms with Crippen molar-refractivity contribution in [1.82, 2.24) is 10.3 Å². The number of furan rings is 1. The molecule has 0 fully saturated rings. The second-order valence-corrected chi connectivity index (χ2v) is 5.79. The largest absolute Gasteiger partial charge is 0.462 e. The van der Waals surface area contributed by atoms with E-state index in [1.807, 2.05) is 19.9 Å². The summed E-state index contributed by atoms with van der Waals surface area (Å²) < 4.78 is 5.26. The zero-order valence-electron chi connectivity index (χ0n) is 11.7. The van der Waals surface area contributed by atoms with Gasteiger partial charge in [-0.15, -0.1) is 11.3 Å². The third-order valence-corrected chi connectivity index (χ3v) is 4.48. The van der Waals surface area contributed by atoms with Crippen molar-refractivity contribution in [2.45, 2.75) is 32.2 Å². The first-order valence-corrected chi connectivity index (χ1v) is 7.46. The average Bonchev–Trinajstić information content (AvgIpc) is 3.14. The Kier molecular flexibility index (Phi) is 4.57. The molecule has 20 heavy (non-hydrogen) atoms. The molecule has 0 unspecified atom stereocenters. The van der Waals surface area contributed by atoms with Crippen molar-refractivity contribution in [3.05, 3.63) is 29.5 Å². The van der Waals surface area contributed by atoms with E-state index in [2.05, 4.69) is 10.3 Å². The molecular formula is C14H19N3O2S. The molecule has 6 heteroatoms. The molecule has 108 valence electrons. The Bertz CT molecular complexity index is 559. The normalized spacial score (nSPS) is 11.6. The van der Waals surface area contributed by atoms with Crippen molar-refractivity contribution >= 4 is 17.2 Å². The zero-order valence-corrected chi connectivity index (χ0v) is 12.5. The zero-order chi connectivity index (χ0) is 14.6. The summed E-state index contributed by atoms with van der Waals surface area (Å²) in [4.78, 5) is 16.8.